The Morgan fingerprint density at radius 2 is 1.62 bits per heavy atom. The molecule has 0 radical (unpaired) electrons. The van der Waals surface area contributed by atoms with E-state index in [4.69, 9.17) is 4.74 Å². The van der Waals surface area contributed by atoms with Gasteiger partial charge in [-0.1, -0.05) is 18.2 Å². The number of nitrogens with one attached hydrogen (secondary N) is 2. The van der Waals surface area contributed by atoms with Gasteiger partial charge in [0.25, 0.3) is 11.8 Å². The Labute approximate surface area is 168 Å². The number of hydrazone groups is 1. The number of benzene rings is 2. The van der Waals surface area contributed by atoms with E-state index in [1.807, 2.05) is 42.5 Å². The van der Waals surface area contributed by atoms with Crippen LogP contribution in [0.5, 0.6) is 5.75 Å². The summed E-state index contributed by atoms with van der Waals surface area (Å²) in [5.41, 5.74) is 5.17. The van der Waals surface area contributed by atoms with Crippen LogP contribution in [-0.4, -0.2) is 29.1 Å². The Morgan fingerprint density at radius 1 is 0.931 bits per heavy atom. The first-order chi connectivity index (χ1) is 14.1. The zero-order valence-corrected chi connectivity index (χ0v) is 15.8. The molecule has 3 aromatic rings. The Morgan fingerprint density at radius 3 is 2.31 bits per heavy atom. The number of anilines is 1. The molecule has 7 nitrogen and oxygen atoms in total. The number of para-hydroxylation sites is 1. The summed E-state index contributed by atoms with van der Waals surface area (Å²) in [6.45, 7) is 1.69. The van der Waals surface area contributed by atoms with E-state index >= 15 is 0 Å². The number of amides is 2. The first kappa shape index (κ1) is 19.8. The van der Waals surface area contributed by atoms with E-state index in [1.54, 1.807) is 43.6 Å². The van der Waals surface area contributed by atoms with Crippen molar-refractivity contribution < 1.29 is 14.3 Å². The molecule has 146 valence electrons. The summed E-state index contributed by atoms with van der Waals surface area (Å²) >= 11 is 0. The van der Waals surface area contributed by atoms with Crippen molar-refractivity contribution in [1.29, 1.82) is 0 Å². The van der Waals surface area contributed by atoms with Crippen LogP contribution in [0.4, 0.5) is 5.69 Å². The van der Waals surface area contributed by atoms with E-state index in [1.165, 1.54) is 0 Å². The van der Waals surface area contributed by atoms with E-state index in [9.17, 15) is 9.59 Å². The number of nitrogens with zero attached hydrogens (tertiary/aromatic N) is 2. The van der Waals surface area contributed by atoms with Crippen molar-refractivity contribution >= 4 is 23.2 Å². The summed E-state index contributed by atoms with van der Waals surface area (Å²) in [5.74, 6) is 0.0126. The fourth-order valence-corrected chi connectivity index (χ4v) is 2.43. The molecule has 2 amide bonds. The minimum atomic E-state index is -0.309. The van der Waals surface area contributed by atoms with Gasteiger partial charge >= 0.3 is 0 Å². The number of pyridine rings is 1. The summed E-state index contributed by atoms with van der Waals surface area (Å²) in [4.78, 5) is 27.8. The molecule has 29 heavy (non-hydrogen) atoms. The maximum atomic E-state index is 12.0. The molecule has 3 rings (SSSR count). The third kappa shape index (κ3) is 6.00. The Hall–Kier alpha value is -4.00. The molecule has 1 heterocycles. The van der Waals surface area contributed by atoms with Gasteiger partial charge in [0.15, 0.2) is 6.61 Å². The molecule has 1 aromatic heterocycles. The van der Waals surface area contributed by atoms with Gasteiger partial charge < -0.3 is 10.1 Å². The fourth-order valence-electron chi connectivity index (χ4n) is 2.43. The molecule has 0 aliphatic rings. The Bertz CT molecular complexity index is 988. The van der Waals surface area contributed by atoms with Crippen LogP contribution < -0.4 is 15.5 Å². The average molecular weight is 388 g/mol. The van der Waals surface area contributed by atoms with E-state index < -0.39 is 0 Å². The van der Waals surface area contributed by atoms with Gasteiger partial charge in [0.2, 0.25) is 0 Å². The first-order valence-electron chi connectivity index (χ1n) is 8.94. The lowest BCUT2D eigenvalue weighted by atomic mass is 10.1. The second kappa shape index (κ2) is 9.80. The largest absolute Gasteiger partial charge is 0.484 e. The molecule has 7 heteroatoms. The molecule has 0 aliphatic carbocycles. The first-order valence-corrected chi connectivity index (χ1v) is 8.94. The smallest absolute Gasteiger partial charge is 0.271 e. The highest BCUT2D eigenvalue weighted by molar-refractivity contribution is 6.00. The minimum absolute atomic E-state index is 0.0939. The molecule has 2 aromatic carbocycles. The number of rotatable bonds is 7. The lowest BCUT2D eigenvalue weighted by Gasteiger charge is -2.08. The predicted molar refractivity (Wildman–Crippen MR) is 111 cm³/mol. The van der Waals surface area contributed by atoms with Gasteiger partial charge in [0.05, 0.1) is 5.71 Å². The number of carbonyl (C=O) groups excluding carboxylic acids is 2. The molecule has 0 fully saturated rings. The zero-order valence-electron chi connectivity index (χ0n) is 15.8. The monoisotopic (exact) mass is 388 g/mol. The molecule has 0 saturated heterocycles. The number of hydrogen-bond acceptors (Lipinski definition) is 5. The molecule has 0 saturated carbocycles. The SMILES string of the molecule is C/C(=N/NC(=O)c1ccncc1)c1ccc(OCC(=O)Nc2ccccc2)cc1. The number of hydrogen-bond donors (Lipinski definition) is 2. The molecular formula is C22H20N4O3. The Kier molecular flexibility index (Phi) is 6.67. The van der Waals surface area contributed by atoms with Crippen LogP contribution in [0.2, 0.25) is 0 Å². The summed E-state index contributed by atoms with van der Waals surface area (Å²) in [6.07, 6.45) is 3.09. The lowest BCUT2D eigenvalue weighted by Crippen LogP contribution is -2.20. The molecular weight excluding hydrogens is 368 g/mol. The van der Waals surface area contributed by atoms with Crippen molar-refractivity contribution in [2.24, 2.45) is 5.10 Å². The van der Waals surface area contributed by atoms with Crippen LogP contribution in [0.25, 0.3) is 0 Å². The van der Waals surface area contributed by atoms with Gasteiger partial charge in [-0.05, 0) is 61.0 Å². The zero-order chi connectivity index (χ0) is 20.5. The summed E-state index contributed by atoms with van der Waals surface area (Å²) in [7, 11) is 0. The minimum Gasteiger partial charge on any atom is -0.484 e. The highest BCUT2D eigenvalue weighted by Crippen LogP contribution is 2.13. The van der Waals surface area contributed by atoms with E-state index in [0.29, 0.717) is 17.0 Å². The highest BCUT2D eigenvalue weighted by atomic mass is 16.5. The van der Waals surface area contributed by atoms with Crippen LogP contribution >= 0.6 is 0 Å². The van der Waals surface area contributed by atoms with Crippen LogP contribution in [-0.2, 0) is 4.79 Å². The van der Waals surface area contributed by atoms with Crippen LogP contribution in [0, 0.1) is 0 Å². The van der Waals surface area contributed by atoms with E-state index in [2.05, 4.69) is 20.8 Å². The van der Waals surface area contributed by atoms with Gasteiger partial charge in [-0.25, -0.2) is 5.43 Å². The van der Waals surface area contributed by atoms with Crippen molar-refractivity contribution in [2.45, 2.75) is 6.92 Å². The normalized spacial score (nSPS) is 10.9. The molecule has 0 aliphatic heterocycles. The molecule has 2 N–H and O–H groups in total. The van der Waals surface area contributed by atoms with E-state index in [-0.39, 0.29) is 18.4 Å². The van der Waals surface area contributed by atoms with Gasteiger partial charge in [0, 0.05) is 23.6 Å². The molecule has 0 unspecified atom stereocenters. The number of carbonyl (C=O) groups is 2. The lowest BCUT2D eigenvalue weighted by molar-refractivity contribution is -0.118. The molecule has 0 atom stereocenters. The van der Waals surface area contributed by atoms with Crippen molar-refractivity contribution in [3.63, 3.8) is 0 Å². The van der Waals surface area contributed by atoms with Crippen molar-refractivity contribution in [3.8, 4) is 5.75 Å². The van der Waals surface area contributed by atoms with Crippen LogP contribution in [0.1, 0.15) is 22.8 Å². The van der Waals surface area contributed by atoms with Gasteiger partial charge in [-0.15, -0.1) is 0 Å². The highest BCUT2D eigenvalue weighted by Gasteiger charge is 2.06. The van der Waals surface area contributed by atoms with Crippen LogP contribution in [0.15, 0.2) is 84.2 Å². The number of ether oxygens (including phenoxy) is 1. The van der Waals surface area contributed by atoms with Gasteiger partial charge in [-0.2, -0.15) is 5.10 Å². The summed E-state index contributed by atoms with van der Waals surface area (Å²) in [5, 5.41) is 6.87. The standard InChI is InChI=1S/C22H20N4O3/c1-16(25-26-22(28)18-11-13-23-14-12-18)17-7-9-20(10-8-17)29-15-21(27)24-19-5-3-2-4-6-19/h2-14H,15H2,1H3,(H,24,27)(H,26,28)/b25-16-. The third-order valence-electron chi connectivity index (χ3n) is 3.97. The maximum Gasteiger partial charge on any atom is 0.271 e. The van der Waals surface area contributed by atoms with Gasteiger partial charge in [0.1, 0.15) is 5.75 Å². The average Bonchev–Trinajstić information content (AvgIpc) is 2.77. The van der Waals surface area contributed by atoms with Crippen molar-refractivity contribution in [3.05, 3.63) is 90.3 Å². The Balaban J connectivity index is 1.51. The number of aromatic nitrogens is 1. The quantitative estimate of drug-likeness (QED) is 0.480. The summed E-state index contributed by atoms with van der Waals surface area (Å²) < 4.78 is 5.50. The molecule has 0 spiro atoms. The third-order valence-corrected chi connectivity index (χ3v) is 3.97. The summed E-state index contributed by atoms with van der Waals surface area (Å²) in [6, 6.07) is 19.5. The topological polar surface area (TPSA) is 92.7 Å². The maximum absolute atomic E-state index is 12.0. The second-order valence-corrected chi connectivity index (χ2v) is 6.10. The fraction of sp³-hybridized carbons (Fsp3) is 0.0909. The van der Waals surface area contributed by atoms with Crippen LogP contribution in [0.3, 0.4) is 0 Å². The predicted octanol–water partition coefficient (Wildman–Crippen LogP) is 3.25. The van der Waals surface area contributed by atoms with Crippen molar-refractivity contribution in [2.75, 3.05) is 11.9 Å². The van der Waals surface area contributed by atoms with E-state index in [0.717, 1.165) is 11.3 Å². The molecule has 0 bridgehead atoms. The van der Waals surface area contributed by atoms with Gasteiger partial charge in [-0.3, -0.25) is 14.6 Å². The van der Waals surface area contributed by atoms with Crippen molar-refractivity contribution in [1.82, 2.24) is 10.4 Å². The second-order valence-electron chi connectivity index (χ2n) is 6.10.